The van der Waals surface area contributed by atoms with Crippen molar-refractivity contribution in [3.63, 3.8) is 0 Å². The molecule has 0 bridgehead atoms. The number of nitrogens with one attached hydrogen (secondary N) is 1. The number of nitrogens with zero attached hydrogens (tertiary/aromatic N) is 2. The quantitative estimate of drug-likeness (QED) is 0.932. The zero-order valence-electron chi connectivity index (χ0n) is 12.2. The predicted molar refractivity (Wildman–Crippen MR) is 91.8 cm³/mol. The summed E-state index contributed by atoms with van der Waals surface area (Å²) in [7, 11) is 0. The predicted octanol–water partition coefficient (Wildman–Crippen LogP) is 3.43. The number of piperazine rings is 1. The van der Waals surface area contributed by atoms with Crippen LogP contribution < -0.4 is 10.2 Å². The molecule has 1 aliphatic heterocycles. The molecule has 2 aromatic rings. The third-order valence-corrected chi connectivity index (χ3v) is 4.95. The minimum Gasteiger partial charge on any atom is -0.367 e. The molecule has 4 nitrogen and oxygen atoms in total. The highest BCUT2D eigenvalue weighted by molar-refractivity contribution is 7.09. The molecule has 2 amide bonds. The Kier molecular flexibility index (Phi) is 4.85. The Bertz CT molecular complexity index is 624. The highest BCUT2D eigenvalue weighted by atomic mass is 35.5. The van der Waals surface area contributed by atoms with Gasteiger partial charge in [-0.15, -0.1) is 11.3 Å². The standard InChI is InChI=1S/C16H18ClN3OS/c17-14-5-1-2-6-15(14)19-7-9-20(10-8-19)16(21)18-12-13-4-3-11-22-13/h1-6,11H,7-10,12H2,(H,18,21). The van der Waals surface area contributed by atoms with Gasteiger partial charge < -0.3 is 15.1 Å². The maximum Gasteiger partial charge on any atom is 0.317 e. The van der Waals surface area contributed by atoms with E-state index in [4.69, 9.17) is 11.6 Å². The maximum atomic E-state index is 12.2. The molecule has 1 aromatic carbocycles. The minimum atomic E-state index is 0.00667. The minimum absolute atomic E-state index is 0.00667. The monoisotopic (exact) mass is 335 g/mol. The van der Waals surface area contributed by atoms with E-state index in [1.54, 1.807) is 11.3 Å². The lowest BCUT2D eigenvalue weighted by Crippen LogP contribution is -2.51. The van der Waals surface area contributed by atoms with Gasteiger partial charge in [-0.1, -0.05) is 29.8 Å². The number of carbonyl (C=O) groups excluding carboxylic acids is 1. The number of benzene rings is 1. The first kappa shape index (κ1) is 15.2. The van der Waals surface area contributed by atoms with Crippen LogP contribution in [0.1, 0.15) is 4.88 Å². The summed E-state index contributed by atoms with van der Waals surface area (Å²) in [6.07, 6.45) is 0. The third kappa shape index (κ3) is 3.54. The van der Waals surface area contributed by atoms with Gasteiger partial charge in [-0.25, -0.2) is 4.79 Å². The lowest BCUT2D eigenvalue weighted by Gasteiger charge is -2.36. The van der Waals surface area contributed by atoms with Crippen LogP contribution >= 0.6 is 22.9 Å². The van der Waals surface area contributed by atoms with Gasteiger partial charge in [0.25, 0.3) is 0 Å². The van der Waals surface area contributed by atoms with Crippen LogP contribution in [0.25, 0.3) is 0 Å². The molecule has 2 heterocycles. The topological polar surface area (TPSA) is 35.6 Å². The van der Waals surface area contributed by atoms with Crippen molar-refractivity contribution in [2.24, 2.45) is 0 Å². The van der Waals surface area contributed by atoms with Gasteiger partial charge in [-0.2, -0.15) is 0 Å². The smallest absolute Gasteiger partial charge is 0.317 e. The SMILES string of the molecule is O=C(NCc1cccs1)N1CCN(c2ccccc2Cl)CC1. The molecule has 0 unspecified atom stereocenters. The lowest BCUT2D eigenvalue weighted by atomic mass is 10.2. The van der Waals surface area contributed by atoms with Crippen molar-refractivity contribution in [2.45, 2.75) is 6.54 Å². The van der Waals surface area contributed by atoms with E-state index in [1.807, 2.05) is 46.7 Å². The summed E-state index contributed by atoms with van der Waals surface area (Å²) in [5.41, 5.74) is 1.04. The number of amides is 2. The molecule has 1 fully saturated rings. The van der Waals surface area contributed by atoms with Crippen molar-refractivity contribution in [3.8, 4) is 0 Å². The van der Waals surface area contributed by atoms with Crippen molar-refractivity contribution >= 4 is 34.7 Å². The molecule has 3 rings (SSSR count). The molecule has 6 heteroatoms. The van der Waals surface area contributed by atoms with Crippen molar-refractivity contribution in [1.82, 2.24) is 10.2 Å². The van der Waals surface area contributed by atoms with Gasteiger partial charge in [0.05, 0.1) is 17.3 Å². The second-order valence-electron chi connectivity index (χ2n) is 5.16. The molecule has 116 valence electrons. The zero-order valence-corrected chi connectivity index (χ0v) is 13.7. The molecule has 0 atom stereocenters. The number of urea groups is 1. The summed E-state index contributed by atoms with van der Waals surface area (Å²) >= 11 is 7.88. The Balaban J connectivity index is 1.51. The molecule has 1 saturated heterocycles. The maximum absolute atomic E-state index is 12.2. The molecule has 1 N–H and O–H groups in total. The summed E-state index contributed by atoms with van der Waals surface area (Å²) in [6, 6.07) is 11.9. The number of para-hydroxylation sites is 1. The third-order valence-electron chi connectivity index (χ3n) is 3.75. The van der Waals surface area contributed by atoms with Gasteiger partial charge in [-0.3, -0.25) is 0 Å². The first-order valence-corrected chi connectivity index (χ1v) is 8.54. The average molecular weight is 336 g/mol. The van der Waals surface area contributed by atoms with Crippen LogP contribution in [0, 0.1) is 0 Å². The molecule has 22 heavy (non-hydrogen) atoms. The van der Waals surface area contributed by atoms with Gasteiger partial charge in [0.2, 0.25) is 0 Å². The van der Waals surface area contributed by atoms with Crippen molar-refractivity contribution in [2.75, 3.05) is 31.1 Å². The fourth-order valence-electron chi connectivity index (χ4n) is 2.55. The van der Waals surface area contributed by atoms with Gasteiger partial charge >= 0.3 is 6.03 Å². The van der Waals surface area contributed by atoms with Crippen LogP contribution in [-0.4, -0.2) is 37.1 Å². The summed E-state index contributed by atoms with van der Waals surface area (Å²) in [6.45, 7) is 3.62. The molecule has 1 aromatic heterocycles. The van der Waals surface area contributed by atoms with Crippen LogP contribution in [0.3, 0.4) is 0 Å². The van der Waals surface area contributed by atoms with Gasteiger partial charge in [0.15, 0.2) is 0 Å². The van der Waals surface area contributed by atoms with Crippen LogP contribution in [0.4, 0.5) is 10.5 Å². The Hall–Kier alpha value is -1.72. The molecule has 0 radical (unpaired) electrons. The zero-order chi connectivity index (χ0) is 15.4. The largest absolute Gasteiger partial charge is 0.367 e. The van der Waals surface area contributed by atoms with Gasteiger partial charge in [0, 0.05) is 31.1 Å². The Morgan fingerprint density at radius 1 is 1.14 bits per heavy atom. The van der Waals surface area contributed by atoms with Crippen LogP contribution in [0.15, 0.2) is 41.8 Å². The number of thiophene rings is 1. The number of hydrogen-bond acceptors (Lipinski definition) is 3. The van der Waals surface area contributed by atoms with E-state index >= 15 is 0 Å². The first-order valence-electron chi connectivity index (χ1n) is 7.28. The lowest BCUT2D eigenvalue weighted by molar-refractivity contribution is 0.194. The van der Waals surface area contributed by atoms with E-state index in [0.717, 1.165) is 23.8 Å². The van der Waals surface area contributed by atoms with E-state index in [0.29, 0.717) is 19.6 Å². The molecule has 0 saturated carbocycles. The van der Waals surface area contributed by atoms with Crippen molar-refractivity contribution in [1.29, 1.82) is 0 Å². The van der Waals surface area contributed by atoms with Crippen molar-refractivity contribution < 1.29 is 4.79 Å². The van der Waals surface area contributed by atoms with Crippen LogP contribution in [0.5, 0.6) is 0 Å². The average Bonchev–Trinajstić information content (AvgIpc) is 3.07. The Morgan fingerprint density at radius 2 is 1.91 bits per heavy atom. The second kappa shape index (κ2) is 7.03. The van der Waals surface area contributed by atoms with Gasteiger partial charge in [0.1, 0.15) is 0 Å². The summed E-state index contributed by atoms with van der Waals surface area (Å²) in [5, 5.41) is 5.75. The normalized spacial score (nSPS) is 15.0. The first-order chi connectivity index (χ1) is 10.7. The molecule has 0 spiro atoms. The highest BCUT2D eigenvalue weighted by Gasteiger charge is 2.22. The molecular weight excluding hydrogens is 318 g/mol. The van der Waals surface area contributed by atoms with Gasteiger partial charge in [-0.05, 0) is 23.6 Å². The van der Waals surface area contributed by atoms with E-state index in [1.165, 1.54) is 4.88 Å². The Morgan fingerprint density at radius 3 is 2.59 bits per heavy atom. The van der Waals surface area contributed by atoms with E-state index in [2.05, 4.69) is 10.2 Å². The molecular formula is C16H18ClN3OS. The highest BCUT2D eigenvalue weighted by Crippen LogP contribution is 2.25. The van der Waals surface area contributed by atoms with E-state index in [9.17, 15) is 4.79 Å². The van der Waals surface area contributed by atoms with Crippen LogP contribution in [0.2, 0.25) is 5.02 Å². The van der Waals surface area contributed by atoms with E-state index < -0.39 is 0 Å². The number of carbonyl (C=O) groups is 1. The Labute approximate surface area is 139 Å². The summed E-state index contributed by atoms with van der Waals surface area (Å²) < 4.78 is 0. The fourth-order valence-corrected chi connectivity index (χ4v) is 3.45. The second-order valence-corrected chi connectivity index (χ2v) is 6.60. The number of anilines is 1. The summed E-state index contributed by atoms with van der Waals surface area (Å²) in [5.74, 6) is 0. The molecule has 1 aliphatic rings. The molecule has 0 aliphatic carbocycles. The van der Waals surface area contributed by atoms with Crippen molar-refractivity contribution in [3.05, 3.63) is 51.7 Å². The number of halogens is 1. The van der Waals surface area contributed by atoms with E-state index in [-0.39, 0.29) is 6.03 Å². The number of rotatable bonds is 3. The van der Waals surface area contributed by atoms with Crippen LogP contribution in [-0.2, 0) is 6.54 Å². The fraction of sp³-hybridized carbons (Fsp3) is 0.312. The number of hydrogen-bond donors (Lipinski definition) is 1. The summed E-state index contributed by atoms with van der Waals surface area (Å²) in [4.78, 5) is 17.4.